The number of aromatic nitrogens is 3. The molecule has 0 bridgehead atoms. The van der Waals surface area contributed by atoms with Crippen LogP contribution in [-0.2, 0) is 27.5 Å². The maximum Gasteiger partial charge on any atom is 0.326 e. The molecule has 31 heavy (non-hydrogen) atoms. The average Bonchev–Trinajstić information content (AvgIpc) is 3.49. The third kappa shape index (κ3) is 4.43. The Kier molecular flexibility index (Phi) is 6.25. The van der Waals surface area contributed by atoms with Gasteiger partial charge in [-0.05, 0) is 18.4 Å². The Labute approximate surface area is 189 Å². The van der Waals surface area contributed by atoms with Gasteiger partial charge >= 0.3 is 5.97 Å². The fourth-order valence-corrected chi connectivity index (χ4v) is 5.65. The van der Waals surface area contributed by atoms with Crippen LogP contribution in [0.3, 0.4) is 0 Å². The SMILES string of the molecule is CCN(C(C)=O)c1nc(COC(=O)Cn2cnc3scc(-c4cccs4)c3c2=O)cs1. The Morgan fingerprint density at radius 2 is 2.06 bits per heavy atom. The van der Waals surface area contributed by atoms with Crippen LogP contribution in [0, 0.1) is 0 Å². The second-order valence-corrected chi connectivity index (χ2v) is 9.17. The fraction of sp³-hybridized carbons (Fsp3) is 0.250. The monoisotopic (exact) mass is 474 g/mol. The van der Waals surface area contributed by atoms with Crippen molar-refractivity contribution in [1.82, 2.24) is 14.5 Å². The van der Waals surface area contributed by atoms with E-state index in [0.29, 0.717) is 27.6 Å². The van der Waals surface area contributed by atoms with Crippen LogP contribution >= 0.6 is 34.0 Å². The van der Waals surface area contributed by atoms with E-state index in [1.807, 2.05) is 29.8 Å². The summed E-state index contributed by atoms with van der Waals surface area (Å²) in [5.74, 6) is -0.664. The number of carbonyl (C=O) groups excluding carboxylic acids is 2. The number of anilines is 1. The molecule has 4 heterocycles. The lowest BCUT2D eigenvalue weighted by atomic mass is 10.2. The largest absolute Gasteiger partial charge is 0.458 e. The number of amides is 1. The lowest BCUT2D eigenvalue weighted by Gasteiger charge is -2.14. The van der Waals surface area contributed by atoms with Crippen LogP contribution in [-0.4, -0.2) is 33.0 Å². The number of carbonyl (C=O) groups is 2. The number of hydrogen-bond acceptors (Lipinski definition) is 9. The van der Waals surface area contributed by atoms with Crippen LogP contribution < -0.4 is 10.5 Å². The second-order valence-electron chi connectivity index (χ2n) is 6.53. The highest BCUT2D eigenvalue weighted by atomic mass is 32.1. The molecule has 4 aromatic heterocycles. The number of hydrogen-bond donors (Lipinski definition) is 0. The van der Waals surface area contributed by atoms with Crippen molar-refractivity contribution in [1.29, 1.82) is 0 Å². The van der Waals surface area contributed by atoms with Crippen molar-refractivity contribution >= 4 is 61.2 Å². The summed E-state index contributed by atoms with van der Waals surface area (Å²) < 4.78 is 6.55. The van der Waals surface area contributed by atoms with E-state index < -0.39 is 5.97 Å². The van der Waals surface area contributed by atoms with Crippen LogP contribution in [0.5, 0.6) is 0 Å². The molecule has 4 aromatic rings. The number of nitrogens with zero attached hydrogens (tertiary/aromatic N) is 4. The molecular weight excluding hydrogens is 456 g/mol. The van der Waals surface area contributed by atoms with Crippen molar-refractivity contribution in [3.63, 3.8) is 0 Å². The van der Waals surface area contributed by atoms with Gasteiger partial charge in [-0.1, -0.05) is 6.07 Å². The third-order valence-electron chi connectivity index (χ3n) is 4.49. The first kappa shape index (κ1) is 21.3. The van der Waals surface area contributed by atoms with Gasteiger partial charge < -0.3 is 4.74 Å². The van der Waals surface area contributed by atoms with Gasteiger partial charge in [-0.25, -0.2) is 9.97 Å². The minimum Gasteiger partial charge on any atom is -0.458 e. The van der Waals surface area contributed by atoms with Crippen LogP contribution in [0.25, 0.3) is 20.7 Å². The Bertz CT molecular complexity index is 1290. The molecule has 0 fully saturated rings. The summed E-state index contributed by atoms with van der Waals surface area (Å²) in [7, 11) is 0. The fourth-order valence-electron chi connectivity index (χ4n) is 3.01. The van der Waals surface area contributed by atoms with Crippen molar-refractivity contribution in [2.45, 2.75) is 27.0 Å². The summed E-state index contributed by atoms with van der Waals surface area (Å²) >= 11 is 4.26. The van der Waals surface area contributed by atoms with E-state index in [0.717, 1.165) is 10.4 Å². The lowest BCUT2D eigenvalue weighted by molar-refractivity contribution is -0.145. The molecule has 0 spiro atoms. The van der Waals surface area contributed by atoms with Gasteiger partial charge in [0.25, 0.3) is 5.56 Å². The van der Waals surface area contributed by atoms with E-state index in [-0.39, 0.29) is 24.6 Å². The molecule has 0 aliphatic carbocycles. The summed E-state index contributed by atoms with van der Waals surface area (Å²) in [5.41, 5.74) is 1.10. The van der Waals surface area contributed by atoms with Crippen LogP contribution in [0.4, 0.5) is 5.13 Å². The van der Waals surface area contributed by atoms with E-state index >= 15 is 0 Å². The van der Waals surface area contributed by atoms with Crippen LogP contribution in [0.15, 0.2) is 39.4 Å². The smallest absolute Gasteiger partial charge is 0.326 e. The van der Waals surface area contributed by atoms with Crippen molar-refractivity contribution in [3.8, 4) is 10.4 Å². The first-order valence-electron chi connectivity index (χ1n) is 9.36. The molecule has 0 saturated heterocycles. The van der Waals surface area contributed by atoms with E-state index in [9.17, 15) is 14.4 Å². The predicted octanol–water partition coefficient (Wildman–Crippen LogP) is 3.76. The Morgan fingerprint density at radius 3 is 2.77 bits per heavy atom. The molecule has 0 radical (unpaired) electrons. The number of ether oxygens (including phenoxy) is 1. The van der Waals surface area contributed by atoms with Crippen molar-refractivity contribution in [2.24, 2.45) is 0 Å². The maximum atomic E-state index is 13.0. The number of fused-ring (bicyclic) bond motifs is 1. The first-order chi connectivity index (χ1) is 15.0. The highest BCUT2D eigenvalue weighted by molar-refractivity contribution is 7.18. The number of thiophene rings is 2. The van der Waals surface area contributed by atoms with Crippen LogP contribution in [0.1, 0.15) is 19.5 Å². The molecule has 0 aliphatic rings. The van der Waals surface area contributed by atoms with Crippen LogP contribution in [0.2, 0.25) is 0 Å². The average molecular weight is 475 g/mol. The Morgan fingerprint density at radius 1 is 1.23 bits per heavy atom. The molecule has 0 N–H and O–H groups in total. The van der Waals surface area contributed by atoms with Gasteiger partial charge in [0.1, 0.15) is 18.0 Å². The molecule has 0 atom stereocenters. The van der Waals surface area contributed by atoms with Gasteiger partial charge in [0.05, 0.1) is 17.4 Å². The van der Waals surface area contributed by atoms with Gasteiger partial charge in [-0.2, -0.15) is 0 Å². The molecule has 1 amide bonds. The normalized spacial score (nSPS) is 11.0. The quantitative estimate of drug-likeness (QED) is 0.379. The predicted molar refractivity (Wildman–Crippen MR) is 123 cm³/mol. The molecule has 160 valence electrons. The molecule has 8 nitrogen and oxygen atoms in total. The number of rotatable bonds is 7. The summed E-state index contributed by atoms with van der Waals surface area (Å²) in [4.78, 5) is 48.8. The molecular formula is C20H18N4O4S3. The third-order valence-corrected chi connectivity index (χ3v) is 7.20. The van der Waals surface area contributed by atoms with Gasteiger partial charge in [0.15, 0.2) is 5.13 Å². The van der Waals surface area contributed by atoms with E-state index in [2.05, 4.69) is 9.97 Å². The minimum atomic E-state index is -0.565. The summed E-state index contributed by atoms with van der Waals surface area (Å²) in [6, 6.07) is 3.88. The summed E-state index contributed by atoms with van der Waals surface area (Å²) in [6.45, 7) is 3.57. The van der Waals surface area contributed by atoms with E-state index in [4.69, 9.17) is 4.74 Å². The molecule has 0 saturated carbocycles. The highest BCUT2D eigenvalue weighted by Crippen LogP contribution is 2.33. The molecule has 4 rings (SSSR count). The Balaban J connectivity index is 1.46. The molecule has 0 aliphatic heterocycles. The second kappa shape index (κ2) is 9.08. The van der Waals surface area contributed by atoms with E-state index in [1.165, 1.54) is 40.5 Å². The molecule has 0 unspecified atom stereocenters. The summed E-state index contributed by atoms with van der Waals surface area (Å²) in [5, 5.41) is 6.67. The zero-order chi connectivity index (χ0) is 22.0. The van der Waals surface area contributed by atoms with Gasteiger partial charge in [0, 0.05) is 34.7 Å². The number of thiazole rings is 1. The zero-order valence-electron chi connectivity index (χ0n) is 16.7. The topological polar surface area (TPSA) is 94.4 Å². The maximum absolute atomic E-state index is 13.0. The van der Waals surface area contributed by atoms with Crippen molar-refractivity contribution < 1.29 is 14.3 Å². The zero-order valence-corrected chi connectivity index (χ0v) is 19.2. The van der Waals surface area contributed by atoms with Gasteiger partial charge in [-0.15, -0.1) is 34.0 Å². The van der Waals surface area contributed by atoms with Gasteiger partial charge in [-0.3, -0.25) is 23.9 Å². The van der Waals surface area contributed by atoms with Gasteiger partial charge in [0.2, 0.25) is 5.91 Å². The van der Waals surface area contributed by atoms with Crippen molar-refractivity contribution in [2.75, 3.05) is 11.4 Å². The standard InChI is InChI=1S/C20H18N4O4S3/c1-3-24(12(2)25)20-22-13(9-31-20)8-28-16(26)7-23-11-21-18-17(19(23)27)14(10-30-18)15-5-4-6-29-15/h4-6,9-11H,3,7-8H2,1-2H3. The minimum absolute atomic E-state index is 0.0336. The molecule has 0 aromatic carbocycles. The highest BCUT2D eigenvalue weighted by Gasteiger charge is 2.17. The Hall–Kier alpha value is -2.89. The van der Waals surface area contributed by atoms with E-state index in [1.54, 1.807) is 21.6 Å². The van der Waals surface area contributed by atoms with Crippen molar-refractivity contribution in [3.05, 3.63) is 50.6 Å². The first-order valence-corrected chi connectivity index (χ1v) is 12.0. The lowest BCUT2D eigenvalue weighted by Crippen LogP contribution is -2.27. The number of esters is 1. The summed E-state index contributed by atoms with van der Waals surface area (Å²) in [6.07, 6.45) is 1.37. The molecule has 11 heteroatoms.